The second kappa shape index (κ2) is 7.17. The summed E-state index contributed by atoms with van der Waals surface area (Å²) in [4.78, 5) is 12.6. The molecule has 0 fully saturated rings. The number of rotatable bonds is 4. The third-order valence-electron chi connectivity index (χ3n) is 4.17. The van der Waals surface area contributed by atoms with Crippen LogP contribution >= 0.6 is 11.6 Å². The van der Waals surface area contributed by atoms with Gasteiger partial charge in [0.2, 0.25) is 0 Å². The van der Waals surface area contributed by atoms with E-state index in [-0.39, 0.29) is 11.6 Å². The van der Waals surface area contributed by atoms with Gasteiger partial charge in [0.05, 0.1) is 23.5 Å². The van der Waals surface area contributed by atoms with Crippen molar-refractivity contribution in [3.63, 3.8) is 0 Å². The highest BCUT2D eigenvalue weighted by Gasteiger charge is 2.19. The standard InChI is InChI=1S/C19H19ClN4O2/c1-11-6-5-7-12(2)18(11)24-13(3)17(22-23-24)19(25)21-14-8-9-16(26-4)15(20)10-14/h5-10H,1-4H3,(H,21,25). The Balaban J connectivity index is 1.90. The van der Waals surface area contributed by atoms with E-state index in [0.29, 0.717) is 22.2 Å². The van der Waals surface area contributed by atoms with Crippen molar-refractivity contribution in [2.24, 2.45) is 0 Å². The van der Waals surface area contributed by atoms with Crippen LogP contribution in [-0.4, -0.2) is 28.0 Å². The number of nitrogens with one attached hydrogen (secondary N) is 1. The van der Waals surface area contributed by atoms with E-state index >= 15 is 0 Å². The molecule has 26 heavy (non-hydrogen) atoms. The number of hydrogen-bond acceptors (Lipinski definition) is 4. The Morgan fingerprint density at radius 2 is 1.85 bits per heavy atom. The summed E-state index contributed by atoms with van der Waals surface area (Å²) in [6.45, 7) is 5.83. The highest BCUT2D eigenvalue weighted by Crippen LogP contribution is 2.27. The first-order valence-electron chi connectivity index (χ1n) is 8.06. The van der Waals surface area contributed by atoms with Crippen LogP contribution < -0.4 is 10.1 Å². The zero-order valence-electron chi connectivity index (χ0n) is 15.0. The molecule has 3 aromatic rings. The SMILES string of the molecule is COc1ccc(NC(=O)c2nnn(-c3c(C)cccc3C)c2C)cc1Cl. The number of para-hydroxylation sites is 1. The lowest BCUT2D eigenvalue weighted by Crippen LogP contribution is -2.14. The fourth-order valence-electron chi connectivity index (χ4n) is 2.83. The molecule has 0 radical (unpaired) electrons. The Kier molecular flexibility index (Phi) is 4.95. The molecule has 1 aromatic heterocycles. The van der Waals surface area contributed by atoms with Gasteiger partial charge in [0.15, 0.2) is 5.69 Å². The molecule has 0 aliphatic heterocycles. The van der Waals surface area contributed by atoms with Crippen LogP contribution in [0.1, 0.15) is 27.3 Å². The number of nitrogens with zero attached hydrogens (tertiary/aromatic N) is 3. The number of aryl methyl sites for hydroxylation is 2. The second-order valence-corrected chi connectivity index (χ2v) is 6.39. The summed E-state index contributed by atoms with van der Waals surface area (Å²) in [5.74, 6) is 0.197. The van der Waals surface area contributed by atoms with E-state index in [4.69, 9.17) is 16.3 Å². The maximum Gasteiger partial charge on any atom is 0.278 e. The van der Waals surface area contributed by atoms with Crippen molar-refractivity contribution in [2.45, 2.75) is 20.8 Å². The number of aromatic nitrogens is 3. The molecule has 6 nitrogen and oxygen atoms in total. The number of anilines is 1. The average Bonchev–Trinajstić information content (AvgIpc) is 2.96. The Bertz CT molecular complexity index is 961. The highest BCUT2D eigenvalue weighted by atomic mass is 35.5. The van der Waals surface area contributed by atoms with E-state index in [2.05, 4.69) is 15.6 Å². The van der Waals surface area contributed by atoms with Crippen LogP contribution in [-0.2, 0) is 0 Å². The van der Waals surface area contributed by atoms with Gasteiger partial charge >= 0.3 is 0 Å². The minimum atomic E-state index is -0.346. The number of methoxy groups -OCH3 is 1. The molecular formula is C19H19ClN4O2. The van der Waals surface area contributed by atoms with E-state index in [1.165, 1.54) is 7.11 Å². The van der Waals surface area contributed by atoms with Crippen LogP contribution in [0.2, 0.25) is 5.02 Å². The Morgan fingerprint density at radius 1 is 1.15 bits per heavy atom. The van der Waals surface area contributed by atoms with E-state index in [1.807, 2.05) is 39.0 Å². The van der Waals surface area contributed by atoms with Crippen LogP contribution in [0.3, 0.4) is 0 Å². The molecule has 134 valence electrons. The van der Waals surface area contributed by atoms with Gasteiger partial charge in [-0.25, -0.2) is 4.68 Å². The first-order valence-corrected chi connectivity index (χ1v) is 8.44. The number of ether oxygens (including phenoxy) is 1. The summed E-state index contributed by atoms with van der Waals surface area (Å²) in [6.07, 6.45) is 0. The van der Waals surface area contributed by atoms with Crippen molar-refractivity contribution in [1.82, 2.24) is 15.0 Å². The van der Waals surface area contributed by atoms with Crippen molar-refractivity contribution in [3.05, 3.63) is 63.9 Å². The zero-order valence-corrected chi connectivity index (χ0v) is 15.8. The summed E-state index contributed by atoms with van der Waals surface area (Å²) in [7, 11) is 1.54. The van der Waals surface area contributed by atoms with Crippen molar-refractivity contribution >= 4 is 23.2 Å². The molecule has 0 atom stereocenters. The molecule has 7 heteroatoms. The molecule has 0 saturated carbocycles. The normalized spacial score (nSPS) is 10.7. The summed E-state index contributed by atoms with van der Waals surface area (Å²) in [5.41, 5.74) is 4.55. The van der Waals surface area contributed by atoms with E-state index in [9.17, 15) is 4.79 Å². The lowest BCUT2D eigenvalue weighted by Gasteiger charge is -2.11. The number of amides is 1. The molecule has 2 aromatic carbocycles. The Morgan fingerprint density at radius 3 is 2.46 bits per heavy atom. The van der Waals surface area contributed by atoms with Gasteiger partial charge < -0.3 is 10.1 Å². The highest BCUT2D eigenvalue weighted by molar-refractivity contribution is 6.32. The number of hydrogen-bond donors (Lipinski definition) is 1. The van der Waals surface area contributed by atoms with Gasteiger partial charge in [-0.3, -0.25) is 4.79 Å². The van der Waals surface area contributed by atoms with Gasteiger partial charge in [-0.05, 0) is 50.1 Å². The van der Waals surface area contributed by atoms with Gasteiger partial charge in [0, 0.05) is 5.69 Å². The smallest absolute Gasteiger partial charge is 0.278 e. The van der Waals surface area contributed by atoms with E-state index in [1.54, 1.807) is 22.9 Å². The molecule has 1 heterocycles. The number of carbonyl (C=O) groups is 1. The quantitative estimate of drug-likeness (QED) is 0.750. The first-order chi connectivity index (χ1) is 12.4. The van der Waals surface area contributed by atoms with Gasteiger partial charge in [0.25, 0.3) is 5.91 Å². The van der Waals surface area contributed by atoms with Crippen LogP contribution in [0, 0.1) is 20.8 Å². The predicted octanol–water partition coefficient (Wildman–Crippen LogP) is 4.11. The van der Waals surface area contributed by atoms with Crippen molar-refractivity contribution in [2.75, 3.05) is 12.4 Å². The van der Waals surface area contributed by atoms with Gasteiger partial charge in [-0.15, -0.1) is 5.10 Å². The van der Waals surface area contributed by atoms with Crippen LogP contribution in [0.5, 0.6) is 5.75 Å². The first kappa shape index (κ1) is 17.9. The van der Waals surface area contributed by atoms with Crippen molar-refractivity contribution < 1.29 is 9.53 Å². The fourth-order valence-corrected chi connectivity index (χ4v) is 3.08. The maximum absolute atomic E-state index is 12.6. The lowest BCUT2D eigenvalue weighted by atomic mass is 10.1. The van der Waals surface area contributed by atoms with E-state index < -0.39 is 0 Å². The lowest BCUT2D eigenvalue weighted by molar-refractivity contribution is 0.102. The molecular weight excluding hydrogens is 352 g/mol. The Hall–Kier alpha value is -2.86. The van der Waals surface area contributed by atoms with Gasteiger partial charge in [0.1, 0.15) is 5.75 Å². The van der Waals surface area contributed by atoms with Crippen LogP contribution in [0.15, 0.2) is 36.4 Å². The minimum absolute atomic E-state index is 0.264. The van der Waals surface area contributed by atoms with Crippen LogP contribution in [0.25, 0.3) is 5.69 Å². The third-order valence-corrected chi connectivity index (χ3v) is 4.47. The topological polar surface area (TPSA) is 69.0 Å². The van der Waals surface area contributed by atoms with Crippen molar-refractivity contribution in [1.29, 1.82) is 0 Å². The summed E-state index contributed by atoms with van der Waals surface area (Å²) in [5, 5.41) is 11.5. The Labute approximate surface area is 156 Å². The monoisotopic (exact) mass is 370 g/mol. The number of carbonyl (C=O) groups excluding carboxylic acids is 1. The third kappa shape index (κ3) is 3.28. The molecule has 0 bridgehead atoms. The van der Waals surface area contributed by atoms with Gasteiger partial charge in [-0.2, -0.15) is 0 Å². The molecule has 1 N–H and O–H groups in total. The summed E-state index contributed by atoms with van der Waals surface area (Å²) >= 11 is 6.10. The summed E-state index contributed by atoms with van der Waals surface area (Å²) < 4.78 is 6.81. The second-order valence-electron chi connectivity index (χ2n) is 5.98. The van der Waals surface area contributed by atoms with Crippen molar-refractivity contribution in [3.8, 4) is 11.4 Å². The number of halogens is 1. The molecule has 0 spiro atoms. The maximum atomic E-state index is 12.6. The van der Waals surface area contributed by atoms with Gasteiger partial charge in [-0.1, -0.05) is 35.0 Å². The molecule has 3 rings (SSSR count). The summed E-state index contributed by atoms with van der Waals surface area (Å²) in [6, 6.07) is 11.0. The molecule has 0 aliphatic rings. The molecule has 1 amide bonds. The molecule has 0 saturated heterocycles. The van der Waals surface area contributed by atoms with Crippen LogP contribution in [0.4, 0.5) is 5.69 Å². The average molecular weight is 371 g/mol. The number of benzene rings is 2. The molecule has 0 unspecified atom stereocenters. The largest absolute Gasteiger partial charge is 0.495 e. The predicted molar refractivity (Wildman–Crippen MR) is 102 cm³/mol. The molecule has 0 aliphatic carbocycles. The van der Waals surface area contributed by atoms with E-state index in [0.717, 1.165) is 16.8 Å². The minimum Gasteiger partial charge on any atom is -0.495 e. The fraction of sp³-hybridized carbons (Fsp3) is 0.211. The zero-order chi connectivity index (χ0) is 18.8.